The van der Waals surface area contributed by atoms with E-state index in [1.165, 1.54) is 4.88 Å². The summed E-state index contributed by atoms with van der Waals surface area (Å²) in [6.07, 6.45) is 0.331. The Balaban J connectivity index is 2.25. The van der Waals surface area contributed by atoms with Gasteiger partial charge in [-0.3, -0.25) is 0 Å². The van der Waals surface area contributed by atoms with E-state index in [1.54, 1.807) is 18.4 Å². The topological polar surface area (TPSA) is 41.5 Å². The molecule has 2 atom stereocenters. The second-order valence-electron chi connectivity index (χ2n) is 3.71. The van der Waals surface area contributed by atoms with Gasteiger partial charge in [0.1, 0.15) is 0 Å². The zero-order valence-corrected chi connectivity index (χ0v) is 12.0. The average Bonchev–Trinajstić information content (AvgIpc) is 2.64. The van der Waals surface area contributed by atoms with E-state index in [-0.39, 0.29) is 6.10 Å². The molecule has 0 fully saturated rings. The molecule has 16 heavy (non-hydrogen) atoms. The minimum Gasteiger partial charge on any atom is -0.391 e. The molecule has 92 valence electrons. The smallest absolute Gasteiger partial charge is 0.0785 e. The quantitative estimate of drug-likeness (QED) is 0.813. The molecule has 1 rings (SSSR count). The molecule has 3 nitrogen and oxygen atoms in total. The van der Waals surface area contributed by atoms with Crippen molar-refractivity contribution >= 4 is 27.3 Å². The number of ether oxygens (including phenoxy) is 1. The molecule has 0 aliphatic heterocycles. The van der Waals surface area contributed by atoms with E-state index in [1.807, 2.05) is 0 Å². The van der Waals surface area contributed by atoms with Gasteiger partial charge in [-0.15, -0.1) is 11.3 Å². The lowest BCUT2D eigenvalue weighted by Crippen LogP contribution is -2.25. The Morgan fingerprint density at radius 3 is 2.94 bits per heavy atom. The fourth-order valence-electron chi connectivity index (χ4n) is 1.45. The molecule has 0 bridgehead atoms. The average molecular weight is 308 g/mol. The number of methoxy groups -OCH3 is 1. The van der Waals surface area contributed by atoms with E-state index in [9.17, 15) is 5.11 Å². The van der Waals surface area contributed by atoms with Crippen molar-refractivity contribution in [3.8, 4) is 0 Å². The van der Waals surface area contributed by atoms with Gasteiger partial charge in [0.15, 0.2) is 0 Å². The molecule has 2 unspecified atom stereocenters. The fraction of sp³-hybridized carbons (Fsp3) is 0.636. The number of thiophene rings is 1. The van der Waals surface area contributed by atoms with E-state index >= 15 is 0 Å². The largest absolute Gasteiger partial charge is 0.391 e. The zero-order valence-electron chi connectivity index (χ0n) is 9.57. The van der Waals surface area contributed by atoms with Crippen LogP contribution >= 0.6 is 27.3 Å². The van der Waals surface area contributed by atoms with Crippen LogP contribution in [0.2, 0.25) is 0 Å². The number of nitrogens with one attached hydrogen (secondary N) is 1. The van der Waals surface area contributed by atoms with Gasteiger partial charge in [-0.25, -0.2) is 0 Å². The van der Waals surface area contributed by atoms with Crippen molar-refractivity contribution in [1.82, 2.24) is 5.32 Å². The van der Waals surface area contributed by atoms with Crippen LogP contribution in [0.4, 0.5) is 0 Å². The van der Waals surface area contributed by atoms with Gasteiger partial charge >= 0.3 is 0 Å². The summed E-state index contributed by atoms with van der Waals surface area (Å²) < 4.78 is 6.02. The summed E-state index contributed by atoms with van der Waals surface area (Å²) in [5.74, 6) is 0. The molecular weight excluding hydrogens is 290 g/mol. The monoisotopic (exact) mass is 307 g/mol. The van der Waals surface area contributed by atoms with Gasteiger partial charge in [-0.2, -0.15) is 0 Å². The molecule has 2 N–H and O–H groups in total. The van der Waals surface area contributed by atoms with Crippen molar-refractivity contribution < 1.29 is 9.84 Å². The summed E-state index contributed by atoms with van der Waals surface area (Å²) in [7, 11) is 1.60. The van der Waals surface area contributed by atoms with Crippen molar-refractivity contribution in [3.05, 3.63) is 20.8 Å². The van der Waals surface area contributed by atoms with Crippen LogP contribution in [0.25, 0.3) is 0 Å². The molecule has 0 aliphatic carbocycles. The van der Waals surface area contributed by atoms with Crippen molar-refractivity contribution in [2.24, 2.45) is 0 Å². The van der Waals surface area contributed by atoms with Crippen LogP contribution in [0.15, 0.2) is 15.9 Å². The molecule has 1 aromatic heterocycles. The Kier molecular flexibility index (Phi) is 6.53. The van der Waals surface area contributed by atoms with Crippen LogP contribution in [0.1, 0.15) is 24.3 Å². The molecule has 1 aromatic rings. The summed E-state index contributed by atoms with van der Waals surface area (Å²) in [5, 5.41) is 14.9. The maximum Gasteiger partial charge on any atom is 0.0785 e. The highest BCUT2D eigenvalue weighted by Crippen LogP contribution is 2.28. The second-order valence-corrected chi connectivity index (χ2v) is 5.51. The summed E-state index contributed by atoms with van der Waals surface area (Å²) in [6.45, 7) is 3.31. The fourth-order valence-corrected chi connectivity index (χ4v) is 3.20. The minimum absolute atomic E-state index is 0.309. The molecule has 0 amide bonds. The zero-order chi connectivity index (χ0) is 12.0. The summed E-state index contributed by atoms with van der Waals surface area (Å²) >= 11 is 5.24. The van der Waals surface area contributed by atoms with Crippen LogP contribution in [0.5, 0.6) is 0 Å². The van der Waals surface area contributed by atoms with E-state index in [0.717, 1.165) is 11.0 Å². The van der Waals surface area contributed by atoms with E-state index < -0.39 is 0 Å². The van der Waals surface area contributed by atoms with Gasteiger partial charge in [-0.1, -0.05) is 0 Å². The van der Waals surface area contributed by atoms with Crippen LogP contribution in [0, 0.1) is 0 Å². The standard InChI is InChI=1S/C11H18BrNO2S/c1-8(11-10(12)4-6-16-11)13-5-3-9(14)7-15-2/h4,6,8-9,13-14H,3,5,7H2,1-2H3. The predicted molar refractivity (Wildman–Crippen MR) is 70.9 cm³/mol. The SMILES string of the molecule is COCC(O)CCNC(C)c1sccc1Br. The lowest BCUT2D eigenvalue weighted by atomic mass is 10.2. The normalized spacial score (nSPS) is 15.0. The number of aliphatic hydroxyl groups excluding tert-OH is 1. The first-order valence-electron chi connectivity index (χ1n) is 5.28. The van der Waals surface area contributed by atoms with Crippen molar-refractivity contribution in [2.75, 3.05) is 20.3 Å². The first-order valence-corrected chi connectivity index (χ1v) is 6.95. The van der Waals surface area contributed by atoms with E-state index in [2.05, 4.69) is 39.6 Å². The predicted octanol–water partition coefficient (Wildman–Crippen LogP) is 2.56. The molecule has 0 saturated heterocycles. The van der Waals surface area contributed by atoms with Gasteiger partial charge in [0.25, 0.3) is 0 Å². The Morgan fingerprint density at radius 1 is 1.62 bits per heavy atom. The summed E-state index contributed by atoms with van der Waals surface area (Å²) in [5.41, 5.74) is 0. The number of rotatable bonds is 7. The summed E-state index contributed by atoms with van der Waals surface area (Å²) in [6, 6.07) is 2.36. The van der Waals surface area contributed by atoms with Gasteiger partial charge in [-0.05, 0) is 47.3 Å². The third-order valence-corrected chi connectivity index (χ3v) is 4.38. The first kappa shape index (κ1) is 14.1. The van der Waals surface area contributed by atoms with Crippen molar-refractivity contribution in [3.63, 3.8) is 0 Å². The Hall–Kier alpha value is 0.0600. The van der Waals surface area contributed by atoms with Gasteiger partial charge in [0, 0.05) is 22.5 Å². The molecule has 0 aromatic carbocycles. The van der Waals surface area contributed by atoms with Crippen LogP contribution in [-0.4, -0.2) is 31.5 Å². The van der Waals surface area contributed by atoms with Crippen LogP contribution < -0.4 is 5.32 Å². The highest BCUT2D eigenvalue weighted by atomic mass is 79.9. The lowest BCUT2D eigenvalue weighted by molar-refractivity contribution is 0.0591. The first-order chi connectivity index (χ1) is 7.65. The molecule has 0 radical (unpaired) electrons. The van der Waals surface area contributed by atoms with Crippen LogP contribution in [-0.2, 0) is 4.74 Å². The molecule has 1 heterocycles. The Labute approximate surface area is 109 Å². The van der Waals surface area contributed by atoms with E-state index in [4.69, 9.17) is 4.74 Å². The van der Waals surface area contributed by atoms with Crippen molar-refractivity contribution in [1.29, 1.82) is 0 Å². The van der Waals surface area contributed by atoms with Crippen molar-refractivity contribution in [2.45, 2.75) is 25.5 Å². The molecule has 0 spiro atoms. The molecule has 5 heteroatoms. The minimum atomic E-state index is -0.378. The highest BCUT2D eigenvalue weighted by molar-refractivity contribution is 9.10. The number of hydrogen-bond acceptors (Lipinski definition) is 4. The van der Waals surface area contributed by atoms with E-state index in [0.29, 0.717) is 19.1 Å². The molecule has 0 saturated carbocycles. The maximum absolute atomic E-state index is 9.48. The third-order valence-electron chi connectivity index (χ3n) is 2.33. The maximum atomic E-state index is 9.48. The number of hydrogen-bond donors (Lipinski definition) is 2. The third kappa shape index (κ3) is 4.51. The van der Waals surface area contributed by atoms with Crippen LogP contribution in [0.3, 0.4) is 0 Å². The van der Waals surface area contributed by atoms with Gasteiger partial charge < -0.3 is 15.2 Å². The second kappa shape index (κ2) is 7.40. The number of aliphatic hydroxyl groups is 1. The van der Waals surface area contributed by atoms with Gasteiger partial charge in [0.05, 0.1) is 12.7 Å². The number of halogens is 1. The molecular formula is C11H18BrNO2S. The van der Waals surface area contributed by atoms with Gasteiger partial charge in [0.2, 0.25) is 0 Å². The Morgan fingerprint density at radius 2 is 2.38 bits per heavy atom. The summed E-state index contributed by atoms with van der Waals surface area (Å²) in [4.78, 5) is 1.29. The molecule has 0 aliphatic rings. The lowest BCUT2D eigenvalue weighted by Gasteiger charge is -2.15. The highest BCUT2D eigenvalue weighted by Gasteiger charge is 2.10. The Bertz CT molecular complexity index is 306.